The predicted molar refractivity (Wildman–Crippen MR) is 98.0 cm³/mol. The van der Waals surface area contributed by atoms with Gasteiger partial charge < -0.3 is 16.2 Å². The molecular formula is C19H22N2O4S. The lowest BCUT2D eigenvalue weighted by molar-refractivity contribution is -0.146. The number of rotatable bonds is 4. The Labute approximate surface area is 155 Å². The quantitative estimate of drug-likeness (QED) is 0.703. The second-order valence-electron chi connectivity index (χ2n) is 7.75. The molecule has 7 heteroatoms. The van der Waals surface area contributed by atoms with E-state index in [2.05, 4.69) is 12.2 Å². The highest BCUT2D eigenvalue weighted by Crippen LogP contribution is 2.49. The van der Waals surface area contributed by atoms with Gasteiger partial charge in [0.1, 0.15) is 5.00 Å². The Morgan fingerprint density at radius 2 is 1.92 bits per heavy atom. The van der Waals surface area contributed by atoms with Crippen molar-refractivity contribution in [3.8, 4) is 0 Å². The monoisotopic (exact) mass is 374 g/mol. The van der Waals surface area contributed by atoms with Crippen LogP contribution in [0.2, 0.25) is 0 Å². The molecule has 0 spiro atoms. The summed E-state index contributed by atoms with van der Waals surface area (Å²) in [4.78, 5) is 37.7. The van der Waals surface area contributed by atoms with E-state index in [0.717, 1.165) is 29.7 Å². The molecule has 1 fully saturated rings. The van der Waals surface area contributed by atoms with Crippen LogP contribution in [0.4, 0.5) is 5.00 Å². The molecule has 0 saturated heterocycles. The van der Waals surface area contributed by atoms with Crippen molar-refractivity contribution in [2.24, 2.45) is 35.3 Å². The maximum absolute atomic E-state index is 12.9. The molecule has 6 nitrogen and oxygen atoms in total. The highest BCUT2D eigenvalue weighted by Gasteiger charge is 2.51. The van der Waals surface area contributed by atoms with E-state index in [-0.39, 0.29) is 17.7 Å². The van der Waals surface area contributed by atoms with Gasteiger partial charge in [-0.1, -0.05) is 19.1 Å². The number of hydrogen-bond donors (Lipinski definition) is 3. The number of carbonyl (C=O) groups excluding carboxylic acids is 2. The molecule has 0 aliphatic heterocycles. The Morgan fingerprint density at radius 1 is 1.23 bits per heavy atom. The molecule has 0 unspecified atom stereocenters. The molecule has 3 aliphatic carbocycles. The average molecular weight is 374 g/mol. The number of nitrogens with one attached hydrogen (secondary N) is 1. The summed E-state index contributed by atoms with van der Waals surface area (Å²) >= 11 is 1.41. The van der Waals surface area contributed by atoms with Crippen LogP contribution in [0.5, 0.6) is 0 Å². The molecule has 4 rings (SSSR count). The van der Waals surface area contributed by atoms with Gasteiger partial charge in [-0.15, -0.1) is 11.3 Å². The van der Waals surface area contributed by atoms with Gasteiger partial charge in [0.25, 0.3) is 5.91 Å². The van der Waals surface area contributed by atoms with Crippen molar-refractivity contribution in [2.75, 3.05) is 5.32 Å². The van der Waals surface area contributed by atoms with Crippen LogP contribution in [0.25, 0.3) is 0 Å². The number of allylic oxidation sites excluding steroid dienone is 2. The fourth-order valence-electron chi connectivity index (χ4n) is 4.81. The standard InChI is InChI=1S/C19H22N2O4S/c1-8-2-5-11-12(6-8)26-18(15(11)16(20)22)21-17(23)13-9-3-4-10(7-9)14(13)19(24)25/h3-4,8-10,13-14H,2,5-7H2,1H3,(H2,20,22)(H,21,23)(H,24,25)/t8-,9-,10-,13+,14-/m0/s1. The Balaban J connectivity index is 1.63. The molecule has 4 N–H and O–H groups in total. The van der Waals surface area contributed by atoms with E-state index in [1.807, 2.05) is 12.2 Å². The minimum Gasteiger partial charge on any atom is -0.481 e. The molecule has 1 aromatic heterocycles. The van der Waals surface area contributed by atoms with Crippen LogP contribution in [-0.4, -0.2) is 22.9 Å². The van der Waals surface area contributed by atoms with E-state index in [4.69, 9.17) is 5.73 Å². The second kappa shape index (κ2) is 6.23. The minimum absolute atomic E-state index is 0.0484. The van der Waals surface area contributed by atoms with Gasteiger partial charge in [0.15, 0.2) is 0 Å². The maximum atomic E-state index is 12.9. The van der Waals surface area contributed by atoms with Gasteiger partial charge in [-0.05, 0) is 49.0 Å². The largest absolute Gasteiger partial charge is 0.481 e. The summed E-state index contributed by atoms with van der Waals surface area (Å²) in [5.74, 6) is -2.67. The third-order valence-corrected chi connectivity index (χ3v) is 7.21. The summed E-state index contributed by atoms with van der Waals surface area (Å²) in [5, 5.41) is 12.9. The van der Waals surface area contributed by atoms with Crippen molar-refractivity contribution in [2.45, 2.75) is 32.6 Å². The third kappa shape index (κ3) is 2.65. The normalized spacial score (nSPS) is 31.7. The number of hydrogen-bond acceptors (Lipinski definition) is 4. The zero-order valence-corrected chi connectivity index (χ0v) is 15.3. The summed E-state index contributed by atoms with van der Waals surface area (Å²) in [5.41, 5.74) is 6.96. The van der Waals surface area contributed by atoms with Crippen molar-refractivity contribution >= 4 is 34.1 Å². The number of nitrogens with two attached hydrogens (primary N) is 1. The topological polar surface area (TPSA) is 109 Å². The summed E-state index contributed by atoms with van der Waals surface area (Å²) in [6, 6.07) is 0. The third-order valence-electron chi connectivity index (χ3n) is 6.04. The molecule has 138 valence electrons. The zero-order valence-electron chi connectivity index (χ0n) is 14.5. The first-order valence-electron chi connectivity index (χ1n) is 9.03. The van der Waals surface area contributed by atoms with E-state index in [1.165, 1.54) is 11.3 Å². The van der Waals surface area contributed by atoms with Gasteiger partial charge in [-0.3, -0.25) is 14.4 Å². The highest BCUT2D eigenvalue weighted by molar-refractivity contribution is 7.17. The molecule has 1 aromatic rings. The van der Waals surface area contributed by atoms with E-state index >= 15 is 0 Å². The van der Waals surface area contributed by atoms with Crippen molar-refractivity contribution in [1.82, 2.24) is 0 Å². The number of carbonyl (C=O) groups is 3. The highest BCUT2D eigenvalue weighted by atomic mass is 32.1. The minimum atomic E-state index is -0.934. The lowest BCUT2D eigenvalue weighted by Gasteiger charge is -2.23. The molecule has 0 aromatic carbocycles. The lowest BCUT2D eigenvalue weighted by Crippen LogP contribution is -2.36. The van der Waals surface area contributed by atoms with Crippen molar-refractivity contribution in [3.63, 3.8) is 0 Å². The Morgan fingerprint density at radius 3 is 2.58 bits per heavy atom. The van der Waals surface area contributed by atoms with Gasteiger partial charge in [-0.2, -0.15) is 0 Å². The van der Waals surface area contributed by atoms with Gasteiger partial charge in [0.2, 0.25) is 5.91 Å². The van der Waals surface area contributed by atoms with Gasteiger partial charge in [-0.25, -0.2) is 0 Å². The Bertz CT molecular complexity index is 828. The summed E-state index contributed by atoms with van der Waals surface area (Å²) in [6.07, 6.45) is 7.23. The van der Waals surface area contributed by atoms with Crippen LogP contribution in [0.3, 0.4) is 0 Å². The van der Waals surface area contributed by atoms with Gasteiger partial charge in [0, 0.05) is 4.88 Å². The molecule has 1 heterocycles. The average Bonchev–Trinajstić information content (AvgIpc) is 3.25. The van der Waals surface area contributed by atoms with Crippen LogP contribution in [-0.2, 0) is 22.4 Å². The van der Waals surface area contributed by atoms with E-state index in [0.29, 0.717) is 22.9 Å². The van der Waals surface area contributed by atoms with Crippen LogP contribution in [0, 0.1) is 29.6 Å². The van der Waals surface area contributed by atoms with Crippen molar-refractivity contribution in [1.29, 1.82) is 0 Å². The molecule has 26 heavy (non-hydrogen) atoms. The first-order valence-corrected chi connectivity index (χ1v) is 9.84. The fourth-order valence-corrected chi connectivity index (χ4v) is 6.23. The van der Waals surface area contributed by atoms with E-state index in [9.17, 15) is 19.5 Å². The van der Waals surface area contributed by atoms with Crippen molar-refractivity contribution < 1.29 is 19.5 Å². The van der Waals surface area contributed by atoms with E-state index in [1.54, 1.807) is 0 Å². The summed E-state index contributed by atoms with van der Waals surface area (Å²) in [7, 11) is 0. The molecule has 0 radical (unpaired) electrons. The first kappa shape index (κ1) is 17.3. The molecular weight excluding hydrogens is 352 g/mol. The second-order valence-corrected chi connectivity index (χ2v) is 8.85. The summed E-state index contributed by atoms with van der Waals surface area (Å²) < 4.78 is 0. The van der Waals surface area contributed by atoms with Crippen LogP contribution in [0.1, 0.15) is 40.6 Å². The fraction of sp³-hybridized carbons (Fsp3) is 0.526. The molecule has 2 bridgehead atoms. The summed E-state index contributed by atoms with van der Waals surface area (Å²) in [6.45, 7) is 2.17. The van der Waals surface area contributed by atoms with Crippen LogP contribution < -0.4 is 11.1 Å². The first-order chi connectivity index (χ1) is 12.4. The zero-order chi connectivity index (χ0) is 18.6. The number of carboxylic acid groups (broad SMARTS) is 1. The Hall–Kier alpha value is -2.15. The number of thiophene rings is 1. The Kier molecular flexibility index (Phi) is 4.14. The predicted octanol–water partition coefficient (Wildman–Crippen LogP) is 2.43. The van der Waals surface area contributed by atoms with Crippen molar-refractivity contribution in [3.05, 3.63) is 28.2 Å². The SMILES string of the molecule is C[C@H]1CCc2c(sc(NC(=O)[C@H]3[C@@H](C(=O)O)[C@H]4C=C[C@H]3C4)c2C(N)=O)C1. The number of fused-ring (bicyclic) bond motifs is 3. The van der Waals surface area contributed by atoms with Crippen LogP contribution >= 0.6 is 11.3 Å². The van der Waals surface area contributed by atoms with E-state index < -0.39 is 23.7 Å². The molecule has 1 saturated carbocycles. The smallest absolute Gasteiger partial charge is 0.307 e. The lowest BCUT2D eigenvalue weighted by atomic mass is 9.82. The van der Waals surface area contributed by atoms with Crippen LogP contribution in [0.15, 0.2) is 12.2 Å². The number of anilines is 1. The molecule has 2 amide bonds. The number of aliphatic carboxylic acids is 1. The van der Waals surface area contributed by atoms with Gasteiger partial charge >= 0.3 is 5.97 Å². The number of carboxylic acids is 1. The number of primary amides is 1. The molecule has 3 aliphatic rings. The van der Waals surface area contributed by atoms with Gasteiger partial charge in [0.05, 0.1) is 17.4 Å². The molecule has 5 atom stereocenters. The number of amides is 2. The maximum Gasteiger partial charge on any atom is 0.307 e.